The summed E-state index contributed by atoms with van der Waals surface area (Å²) in [5.41, 5.74) is 0.783. The van der Waals surface area contributed by atoms with E-state index in [1.54, 1.807) is 30.7 Å². The number of benzene rings is 1. The van der Waals surface area contributed by atoms with E-state index in [-0.39, 0.29) is 30.1 Å². The van der Waals surface area contributed by atoms with Gasteiger partial charge in [-0.25, -0.2) is 9.36 Å². The Kier molecular flexibility index (Phi) is 6.10. The van der Waals surface area contributed by atoms with E-state index in [0.717, 1.165) is 10.2 Å². The minimum atomic E-state index is -0.840. The molecule has 0 saturated carbocycles. The van der Waals surface area contributed by atoms with Gasteiger partial charge < -0.3 is 26.5 Å². The average molecular weight is 375 g/mol. The van der Waals surface area contributed by atoms with Crippen LogP contribution in [0.3, 0.4) is 0 Å². The Hall–Kier alpha value is -1.67. The Morgan fingerprint density at radius 1 is 1.38 bits per heavy atom. The van der Waals surface area contributed by atoms with E-state index in [4.69, 9.17) is 10.1 Å². The highest BCUT2D eigenvalue weighted by atomic mass is 79.9. The van der Waals surface area contributed by atoms with E-state index in [1.165, 1.54) is 11.3 Å². The van der Waals surface area contributed by atoms with Crippen molar-refractivity contribution in [2.24, 2.45) is 0 Å². The monoisotopic (exact) mass is 374 g/mol. The summed E-state index contributed by atoms with van der Waals surface area (Å²) in [5, 5.41) is 5.90. The van der Waals surface area contributed by atoms with Crippen LogP contribution in [-0.2, 0) is 20.9 Å². The molecule has 114 valence electrons. The first-order chi connectivity index (χ1) is 9.56. The summed E-state index contributed by atoms with van der Waals surface area (Å²) in [6, 6.07) is 5.42. The molecule has 0 bridgehead atoms. The Balaban J connectivity index is 0.00000220. The van der Waals surface area contributed by atoms with Crippen LogP contribution in [0.2, 0.25) is 0 Å². The highest BCUT2D eigenvalue weighted by molar-refractivity contribution is 7.16. The van der Waals surface area contributed by atoms with Gasteiger partial charge in [-0.05, 0) is 30.4 Å². The van der Waals surface area contributed by atoms with Crippen LogP contribution >= 0.6 is 11.3 Å². The van der Waals surface area contributed by atoms with Crippen LogP contribution in [0.4, 0.5) is 0 Å². The van der Waals surface area contributed by atoms with Gasteiger partial charge in [-0.3, -0.25) is 10.2 Å². The molecule has 2 rings (SSSR count). The van der Waals surface area contributed by atoms with Gasteiger partial charge >= 0.3 is 10.8 Å². The molecule has 0 spiro atoms. The molecule has 1 heterocycles. The highest BCUT2D eigenvalue weighted by Gasteiger charge is 2.22. The number of halogens is 1. The molecule has 0 aliphatic heterocycles. The number of nitrogens with zero attached hydrogens (tertiary/aromatic N) is 1. The van der Waals surface area contributed by atoms with Crippen molar-refractivity contribution < 1.29 is 41.5 Å². The Morgan fingerprint density at radius 3 is 2.71 bits per heavy atom. The fourth-order valence-electron chi connectivity index (χ4n) is 1.80. The van der Waals surface area contributed by atoms with Gasteiger partial charge in [-0.1, -0.05) is 0 Å². The van der Waals surface area contributed by atoms with Crippen LogP contribution in [0.1, 0.15) is 6.92 Å². The SMILES string of the molecule is CCOC(=O)C(=O)Cn1c(=[NH2+])sc2cc(OC)ccc21.[Br-]. The maximum absolute atomic E-state index is 11.7. The number of rotatable bonds is 5. The van der Waals surface area contributed by atoms with Crippen LogP contribution < -0.4 is 31.9 Å². The molecule has 0 aliphatic carbocycles. The molecule has 0 amide bonds. The summed E-state index contributed by atoms with van der Waals surface area (Å²) in [6.45, 7) is 1.70. The molecule has 1 aromatic carbocycles. The van der Waals surface area contributed by atoms with Crippen molar-refractivity contribution in [3.05, 3.63) is 23.0 Å². The van der Waals surface area contributed by atoms with Crippen LogP contribution in [0.15, 0.2) is 18.2 Å². The van der Waals surface area contributed by atoms with Gasteiger partial charge in [0.15, 0.2) is 6.54 Å². The Bertz CT molecular complexity index is 723. The summed E-state index contributed by atoms with van der Waals surface area (Å²) in [7, 11) is 1.58. The van der Waals surface area contributed by atoms with Crippen molar-refractivity contribution in [1.29, 1.82) is 0 Å². The van der Waals surface area contributed by atoms with Crippen molar-refractivity contribution in [1.82, 2.24) is 4.57 Å². The standard InChI is InChI=1S/C13H14N2O4S.BrH/c1-3-19-12(17)10(16)7-15-9-5-4-8(18-2)6-11(9)20-13(15)14;/h4-6,14H,3,7H2,1-2H3;1H. The average Bonchev–Trinajstić information content (AvgIpc) is 2.74. The summed E-state index contributed by atoms with van der Waals surface area (Å²) in [6.07, 6.45) is 0. The Labute approximate surface area is 135 Å². The van der Waals surface area contributed by atoms with E-state index in [1.807, 2.05) is 6.07 Å². The normalized spacial score (nSPS) is 10.0. The number of ether oxygens (including phenoxy) is 2. The number of fused-ring (bicyclic) bond motifs is 1. The van der Waals surface area contributed by atoms with Crippen molar-refractivity contribution in [2.75, 3.05) is 13.7 Å². The fourth-order valence-corrected chi connectivity index (χ4v) is 2.75. The lowest BCUT2D eigenvalue weighted by molar-refractivity contribution is -0.177. The number of hydrogen-bond donors (Lipinski definition) is 1. The van der Waals surface area contributed by atoms with Crippen molar-refractivity contribution in [3.8, 4) is 5.75 Å². The molecule has 8 heteroatoms. The van der Waals surface area contributed by atoms with E-state index >= 15 is 0 Å². The van der Waals surface area contributed by atoms with E-state index < -0.39 is 11.8 Å². The van der Waals surface area contributed by atoms with Crippen molar-refractivity contribution in [3.63, 3.8) is 0 Å². The lowest BCUT2D eigenvalue weighted by atomic mass is 10.3. The number of Topliss-reactive ketones (excluding diaryl/α,β-unsaturated/α-hetero) is 1. The molecular formula is C13H15BrN2O4S. The molecule has 6 nitrogen and oxygen atoms in total. The smallest absolute Gasteiger partial charge is 0.378 e. The summed E-state index contributed by atoms with van der Waals surface area (Å²) in [5.74, 6) is -0.756. The number of esters is 1. The maximum Gasteiger partial charge on any atom is 0.378 e. The Morgan fingerprint density at radius 2 is 2.10 bits per heavy atom. The van der Waals surface area contributed by atoms with Gasteiger partial charge in [0.2, 0.25) is 0 Å². The highest BCUT2D eigenvalue weighted by Crippen LogP contribution is 2.22. The van der Waals surface area contributed by atoms with E-state index in [0.29, 0.717) is 10.6 Å². The van der Waals surface area contributed by atoms with Crippen LogP contribution in [0, 0.1) is 0 Å². The molecule has 21 heavy (non-hydrogen) atoms. The molecule has 0 saturated heterocycles. The number of thiazole rings is 1. The second kappa shape index (κ2) is 7.37. The summed E-state index contributed by atoms with van der Waals surface area (Å²) >= 11 is 1.33. The first kappa shape index (κ1) is 17.4. The molecule has 1 aromatic heterocycles. The minimum Gasteiger partial charge on any atom is -1.00 e. The number of hydrogen-bond acceptors (Lipinski definition) is 5. The van der Waals surface area contributed by atoms with E-state index in [9.17, 15) is 9.59 Å². The molecule has 2 N–H and O–H groups in total. The van der Waals surface area contributed by atoms with Gasteiger partial charge in [0.05, 0.1) is 18.4 Å². The minimum absolute atomic E-state index is 0. The lowest BCUT2D eigenvalue weighted by Gasteiger charge is -2.00. The molecule has 0 fully saturated rings. The number of nitrogens with two attached hydrogens (primary N) is 1. The van der Waals surface area contributed by atoms with Gasteiger partial charge in [-0.2, -0.15) is 0 Å². The van der Waals surface area contributed by atoms with Gasteiger partial charge in [0.25, 0.3) is 5.78 Å². The van der Waals surface area contributed by atoms with Crippen molar-refractivity contribution >= 4 is 33.3 Å². The number of carbonyl (C=O) groups excluding carboxylic acids is 2. The van der Waals surface area contributed by atoms with Gasteiger partial charge in [-0.15, -0.1) is 0 Å². The predicted molar refractivity (Wildman–Crippen MR) is 73.1 cm³/mol. The molecule has 2 aromatic rings. The molecule has 0 aliphatic rings. The second-order valence-corrected chi connectivity index (χ2v) is 5.07. The second-order valence-electron chi connectivity index (χ2n) is 4.00. The molecular weight excluding hydrogens is 360 g/mol. The zero-order valence-corrected chi connectivity index (χ0v) is 14.0. The zero-order valence-electron chi connectivity index (χ0n) is 11.6. The number of methoxy groups -OCH3 is 1. The van der Waals surface area contributed by atoms with Crippen LogP contribution in [0.5, 0.6) is 5.75 Å². The third kappa shape index (κ3) is 3.70. The van der Waals surface area contributed by atoms with Crippen LogP contribution in [-0.4, -0.2) is 30.0 Å². The van der Waals surface area contributed by atoms with Crippen molar-refractivity contribution in [2.45, 2.75) is 13.5 Å². The van der Waals surface area contributed by atoms with Gasteiger partial charge in [0.1, 0.15) is 11.3 Å². The largest absolute Gasteiger partial charge is 1.00 e. The third-order valence-electron chi connectivity index (χ3n) is 2.74. The third-order valence-corrected chi connectivity index (χ3v) is 3.72. The zero-order chi connectivity index (χ0) is 14.7. The summed E-state index contributed by atoms with van der Waals surface area (Å²) < 4.78 is 12.3. The lowest BCUT2D eigenvalue weighted by Crippen LogP contribution is -3.00. The molecule has 0 atom stereocenters. The first-order valence-corrected chi connectivity index (χ1v) is 6.84. The molecule has 0 unspecified atom stereocenters. The van der Waals surface area contributed by atoms with E-state index in [2.05, 4.69) is 4.74 Å². The van der Waals surface area contributed by atoms with Crippen LogP contribution in [0.25, 0.3) is 10.2 Å². The summed E-state index contributed by atoms with van der Waals surface area (Å²) in [4.78, 5) is 23.6. The maximum atomic E-state index is 11.7. The predicted octanol–water partition coefficient (Wildman–Crippen LogP) is -3.49. The number of ketones is 1. The van der Waals surface area contributed by atoms with Gasteiger partial charge in [0, 0.05) is 6.07 Å². The number of carbonyl (C=O) groups is 2. The fraction of sp³-hybridized carbons (Fsp3) is 0.308. The first-order valence-electron chi connectivity index (χ1n) is 6.02. The number of aromatic nitrogens is 1. The topological polar surface area (TPSA) is 83.1 Å². The quantitative estimate of drug-likeness (QED) is 0.435. The molecule has 0 radical (unpaired) electrons.